The molecule has 2 heterocycles. The fourth-order valence-electron chi connectivity index (χ4n) is 3.03. The van der Waals surface area contributed by atoms with Crippen LogP contribution in [-0.4, -0.2) is 64.2 Å². The standard InChI is InChI=1S/C12H15NO2.C9H10O.C4H9NO/c1-10(14)11-2-4-12(5-3-11)13-6-8-15-9-7-13;1-7-3-5-9(6-4-7)8(2)10;1-3-6-4-2-5-1/h2-5H,6-9H2,1H3;3-6H,1-2H3;5H,1-4H2. The largest absolute Gasteiger partial charge is 0.379 e. The minimum absolute atomic E-state index is 0.114. The van der Waals surface area contributed by atoms with Gasteiger partial charge in [-0.1, -0.05) is 29.8 Å². The van der Waals surface area contributed by atoms with E-state index >= 15 is 0 Å². The molecule has 0 aromatic heterocycles. The highest BCUT2D eigenvalue weighted by atomic mass is 16.5. The van der Waals surface area contributed by atoms with Gasteiger partial charge < -0.3 is 19.7 Å². The zero-order valence-corrected chi connectivity index (χ0v) is 18.9. The first kappa shape index (κ1) is 24.7. The Hall–Kier alpha value is -2.54. The molecule has 0 bridgehead atoms. The van der Waals surface area contributed by atoms with Crippen molar-refractivity contribution in [2.24, 2.45) is 0 Å². The molecule has 2 aliphatic rings. The van der Waals surface area contributed by atoms with Crippen molar-refractivity contribution in [2.75, 3.05) is 57.5 Å². The molecule has 2 fully saturated rings. The molecule has 2 aromatic rings. The summed E-state index contributed by atoms with van der Waals surface area (Å²) in [6, 6.07) is 15.3. The second-order valence-electron chi connectivity index (χ2n) is 7.49. The van der Waals surface area contributed by atoms with Gasteiger partial charge in [-0.05, 0) is 45.0 Å². The van der Waals surface area contributed by atoms with E-state index in [2.05, 4.69) is 10.2 Å². The fraction of sp³-hybridized carbons (Fsp3) is 0.440. The summed E-state index contributed by atoms with van der Waals surface area (Å²) in [4.78, 5) is 24.1. The highest BCUT2D eigenvalue weighted by molar-refractivity contribution is 5.94. The summed E-state index contributed by atoms with van der Waals surface area (Å²) >= 11 is 0. The molecule has 168 valence electrons. The summed E-state index contributed by atoms with van der Waals surface area (Å²) in [6.07, 6.45) is 0. The lowest BCUT2D eigenvalue weighted by Gasteiger charge is -2.28. The second-order valence-corrected chi connectivity index (χ2v) is 7.49. The third-order valence-electron chi connectivity index (χ3n) is 4.95. The minimum Gasteiger partial charge on any atom is -0.379 e. The fourth-order valence-corrected chi connectivity index (χ4v) is 3.03. The van der Waals surface area contributed by atoms with E-state index in [1.54, 1.807) is 13.8 Å². The molecule has 31 heavy (non-hydrogen) atoms. The van der Waals surface area contributed by atoms with Gasteiger partial charge in [0.25, 0.3) is 0 Å². The van der Waals surface area contributed by atoms with Gasteiger partial charge in [-0.25, -0.2) is 0 Å². The molecule has 6 nitrogen and oxygen atoms in total. The van der Waals surface area contributed by atoms with Gasteiger partial charge in [-0.2, -0.15) is 0 Å². The highest BCUT2D eigenvalue weighted by Crippen LogP contribution is 2.16. The quantitative estimate of drug-likeness (QED) is 0.758. The lowest BCUT2D eigenvalue weighted by atomic mass is 10.1. The third kappa shape index (κ3) is 9.42. The van der Waals surface area contributed by atoms with Crippen LogP contribution in [0, 0.1) is 6.92 Å². The van der Waals surface area contributed by atoms with E-state index in [4.69, 9.17) is 9.47 Å². The first-order valence-corrected chi connectivity index (χ1v) is 10.8. The maximum absolute atomic E-state index is 11.1. The molecule has 4 rings (SSSR count). The topological polar surface area (TPSA) is 67.9 Å². The number of carbonyl (C=O) groups is 2. The Morgan fingerprint density at radius 1 is 0.742 bits per heavy atom. The molecular weight excluding hydrogens is 392 g/mol. The number of rotatable bonds is 3. The predicted molar refractivity (Wildman–Crippen MR) is 124 cm³/mol. The van der Waals surface area contributed by atoms with Gasteiger partial charge in [0.1, 0.15) is 0 Å². The number of carbonyl (C=O) groups excluding carboxylic acids is 2. The van der Waals surface area contributed by atoms with Crippen LogP contribution in [0.3, 0.4) is 0 Å². The van der Waals surface area contributed by atoms with Crippen LogP contribution in [0.15, 0.2) is 48.5 Å². The van der Waals surface area contributed by atoms with Crippen molar-refractivity contribution in [2.45, 2.75) is 20.8 Å². The van der Waals surface area contributed by atoms with E-state index in [1.807, 2.05) is 55.5 Å². The number of morpholine rings is 2. The van der Waals surface area contributed by atoms with Gasteiger partial charge >= 0.3 is 0 Å². The summed E-state index contributed by atoms with van der Waals surface area (Å²) in [5, 5.41) is 3.16. The van der Waals surface area contributed by atoms with E-state index in [9.17, 15) is 9.59 Å². The molecule has 1 N–H and O–H groups in total. The van der Waals surface area contributed by atoms with Crippen molar-refractivity contribution in [3.05, 3.63) is 65.2 Å². The maximum Gasteiger partial charge on any atom is 0.159 e. The molecule has 0 radical (unpaired) electrons. The van der Waals surface area contributed by atoms with Crippen LogP contribution in [0.1, 0.15) is 40.1 Å². The Bertz CT molecular complexity index is 782. The molecule has 2 saturated heterocycles. The first-order valence-electron chi connectivity index (χ1n) is 10.8. The van der Waals surface area contributed by atoms with Gasteiger partial charge in [-0.3, -0.25) is 9.59 Å². The summed E-state index contributed by atoms with van der Waals surface area (Å²) in [5.74, 6) is 0.239. The van der Waals surface area contributed by atoms with Crippen LogP contribution >= 0.6 is 0 Å². The molecule has 2 aliphatic heterocycles. The number of ketones is 2. The average molecular weight is 427 g/mol. The molecule has 0 aliphatic carbocycles. The monoisotopic (exact) mass is 426 g/mol. The SMILES string of the molecule is C1COCCN1.CC(=O)c1ccc(C)cc1.CC(=O)c1ccc(N2CCOCC2)cc1. The lowest BCUT2D eigenvalue weighted by molar-refractivity contribution is 0.100. The maximum atomic E-state index is 11.1. The third-order valence-corrected chi connectivity index (χ3v) is 4.95. The Labute approximate surface area is 185 Å². The van der Waals surface area contributed by atoms with E-state index in [-0.39, 0.29) is 11.6 Å². The Kier molecular flexibility index (Phi) is 10.9. The normalized spacial score (nSPS) is 15.6. The molecule has 0 saturated carbocycles. The van der Waals surface area contributed by atoms with E-state index in [1.165, 1.54) is 11.3 Å². The smallest absolute Gasteiger partial charge is 0.159 e. The van der Waals surface area contributed by atoms with Crippen LogP contribution in [0.2, 0.25) is 0 Å². The number of ether oxygens (including phenoxy) is 2. The summed E-state index contributed by atoms with van der Waals surface area (Å²) in [7, 11) is 0. The van der Waals surface area contributed by atoms with Crippen molar-refractivity contribution in [1.29, 1.82) is 0 Å². The molecule has 0 atom stereocenters. The van der Waals surface area contributed by atoms with Crippen molar-refractivity contribution in [3.63, 3.8) is 0 Å². The lowest BCUT2D eigenvalue weighted by Crippen LogP contribution is -2.36. The van der Waals surface area contributed by atoms with Crippen LogP contribution < -0.4 is 10.2 Å². The number of nitrogens with zero attached hydrogens (tertiary/aromatic N) is 1. The molecular formula is C25H34N2O4. The molecule has 2 aromatic carbocycles. The van der Waals surface area contributed by atoms with Crippen molar-refractivity contribution >= 4 is 17.3 Å². The van der Waals surface area contributed by atoms with Gasteiger partial charge in [0.2, 0.25) is 0 Å². The molecule has 0 amide bonds. The number of Topliss-reactive ketones (excluding diaryl/α,β-unsaturated/α-hetero) is 2. The predicted octanol–water partition coefficient (Wildman–Crippen LogP) is 3.53. The Morgan fingerprint density at radius 2 is 1.19 bits per heavy atom. The van der Waals surface area contributed by atoms with Crippen molar-refractivity contribution in [1.82, 2.24) is 5.32 Å². The summed E-state index contributed by atoms with van der Waals surface area (Å²) < 4.78 is 10.3. The molecule has 0 unspecified atom stereocenters. The van der Waals surface area contributed by atoms with E-state index < -0.39 is 0 Å². The molecule has 0 spiro atoms. The number of benzene rings is 2. The zero-order valence-electron chi connectivity index (χ0n) is 18.9. The number of nitrogens with one attached hydrogen (secondary N) is 1. The van der Waals surface area contributed by atoms with E-state index in [0.717, 1.165) is 63.7 Å². The number of hydrogen-bond acceptors (Lipinski definition) is 6. The van der Waals surface area contributed by atoms with Crippen LogP contribution in [0.5, 0.6) is 0 Å². The highest BCUT2D eigenvalue weighted by Gasteiger charge is 2.11. The molecule has 6 heteroatoms. The van der Waals surface area contributed by atoms with Crippen molar-refractivity contribution < 1.29 is 19.1 Å². The average Bonchev–Trinajstić information content (AvgIpc) is 2.82. The minimum atomic E-state index is 0.114. The second kappa shape index (κ2) is 13.7. The number of aryl methyl sites for hydroxylation is 1. The van der Waals surface area contributed by atoms with Crippen LogP contribution in [-0.2, 0) is 9.47 Å². The Morgan fingerprint density at radius 3 is 1.58 bits per heavy atom. The van der Waals surface area contributed by atoms with Gasteiger partial charge in [0.05, 0.1) is 26.4 Å². The van der Waals surface area contributed by atoms with Crippen molar-refractivity contribution in [3.8, 4) is 0 Å². The van der Waals surface area contributed by atoms with Gasteiger partial charge in [-0.15, -0.1) is 0 Å². The van der Waals surface area contributed by atoms with Gasteiger partial charge in [0.15, 0.2) is 11.6 Å². The van der Waals surface area contributed by atoms with E-state index in [0.29, 0.717) is 0 Å². The van der Waals surface area contributed by atoms with Crippen LogP contribution in [0.25, 0.3) is 0 Å². The van der Waals surface area contributed by atoms with Crippen LogP contribution in [0.4, 0.5) is 5.69 Å². The van der Waals surface area contributed by atoms with Gasteiger partial charge in [0, 0.05) is 43.0 Å². The summed E-state index contributed by atoms with van der Waals surface area (Å²) in [6.45, 7) is 12.4. The Balaban J connectivity index is 0.000000183. The number of anilines is 1. The number of hydrogen-bond donors (Lipinski definition) is 1. The summed E-state index contributed by atoms with van der Waals surface area (Å²) in [5.41, 5.74) is 3.91. The zero-order chi connectivity index (χ0) is 22.5. The first-order chi connectivity index (χ1) is 15.0.